The van der Waals surface area contributed by atoms with E-state index >= 15 is 0 Å². The minimum Gasteiger partial charge on any atom is -0.507 e. The van der Waals surface area contributed by atoms with E-state index in [4.69, 9.17) is 4.74 Å². The Labute approximate surface area is 180 Å². The number of hydrogen-bond acceptors (Lipinski definition) is 6. The molecule has 0 radical (unpaired) electrons. The van der Waals surface area contributed by atoms with Gasteiger partial charge in [-0.25, -0.2) is 5.43 Å². The molecule has 0 saturated heterocycles. The van der Waals surface area contributed by atoms with E-state index in [1.807, 2.05) is 30.3 Å². The summed E-state index contributed by atoms with van der Waals surface area (Å²) in [6, 6.07) is 15.0. The first-order chi connectivity index (χ1) is 14.4. The van der Waals surface area contributed by atoms with Crippen molar-refractivity contribution in [2.24, 2.45) is 5.10 Å². The smallest absolute Gasteiger partial charge is 0.281 e. The van der Waals surface area contributed by atoms with Crippen molar-refractivity contribution in [1.29, 1.82) is 0 Å². The second-order valence-electron chi connectivity index (χ2n) is 6.35. The zero-order valence-corrected chi connectivity index (χ0v) is 17.5. The number of hydrazone groups is 1. The van der Waals surface area contributed by atoms with Crippen LogP contribution in [0.5, 0.6) is 11.5 Å². The van der Waals surface area contributed by atoms with E-state index in [1.54, 1.807) is 13.0 Å². The number of nitrogens with zero attached hydrogens (tertiary/aromatic N) is 2. The van der Waals surface area contributed by atoms with Crippen LogP contribution in [-0.4, -0.2) is 28.3 Å². The lowest BCUT2D eigenvalue weighted by atomic mass is 10.1. The van der Waals surface area contributed by atoms with Gasteiger partial charge in [-0.05, 0) is 45.3 Å². The zero-order chi connectivity index (χ0) is 21.7. The molecule has 0 bridgehead atoms. The maximum absolute atomic E-state index is 12.5. The normalized spacial score (nSPS) is 12.1. The third-order valence-corrected chi connectivity index (χ3v) is 5.18. The summed E-state index contributed by atoms with van der Waals surface area (Å²) in [5.74, 6) is -0.156. The number of carbonyl (C=O) groups excluding carboxylic acids is 1. The number of nitro groups is 1. The van der Waals surface area contributed by atoms with Crippen molar-refractivity contribution in [2.75, 3.05) is 0 Å². The van der Waals surface area contributed by atoms with Crippen LogP contribution in [0.2, 0.25) is 0 Å². The van der Waals surface area contributed by atoms with Crippen molar-refractivity contribution in [1.82, 2.24) is 5.43 Å². The highest BCUT2D eigenvalue weighted by Gasteiger charge is 2.20. The summed E-state index contributed by atoms with van der Waals surface area (Å²) in [7, 11) is 0. The Bertz CT molecular complexity index is 1130. The van der Waals surface area contributed by atoms with Crippen LogP contribution in [0.3, 0.4) is 0 Å². The van der Waals surface area contributed by atoms with Crippen LogP contribution in [0.15, 0.2) is 64.2 Å². The molecule has 3 rings (SSSR count). The number of nitrogens with one attached hydrogen (secondary N) is 1. The molecule has 0 aliphatic rings. The Morgan fingerprint density at radius 3 is 2.80 bits per heavy atom. The summed E-state index contributed by atoms with van der Waals surface area (Å²) < 4.78 is 6.62. The minimum atomic E-state index is -0.807. The van der Waals surface area contributed by atoms with Gasteiger partial charge in [-0.1, -0.05) is 37.3 Å². The largest absolute Gasteiger partial charge is 0.507 e. The molecule has 3 aromatic carbocycles. The van der Waals surface area contributed by atoms with Gasteiger partial charge < -0.3 is 9.84 Å². The number of amides is 1. The van der Waals surface area contributed by atoms with Crippen molar-refractivity contribution in [3.05, 3.63) is 74.7 Å². The lowest BCUT2D eigenvalue weighted by molar-refractivity contribution is -0.384. The molecule has 0 spiro atoms. The number of carbonyl (C=O) groups is 1. The summed E-state index contributed by atoms with van der Waals surface area (Å²) in [4.78, 5) is 22.7. The van der Waals surface area contributed by atoms with Gasteiger partial charge in [0.05, 0.1) is 15.6 Å². The lowest BCUT2D eigenvalue weighted by Crippen LogP contribution is -2.35. The molecule has 1 unspecified atom stereocenters. The second-order valence-corrected chi connectivity index (χ2v) is 7.14. The van der Waals surface area contributed by atoms with Crippen LogP contribution < -0.4 is 10.2 Å². The van der Waals surface area contributed by atoms with Crippen LogP contribution in [0, 0.1) is 10.1 Å². The number of halogens is 1. The average molecular weight is 472 g/mol. The SMILES string of the molecule is CCC(Oc1ccc2ccccc2c1Br)C(=O)N/N=C/c1cc([N+](=O)[O-])ccc1O. The molecule has 0 aromatic heterocycles. The average Bonchev–Trinajstić information content (AvgIpc) is 2.74. The maximum Gasteiger partial charge on any atom is 0.281 e. The molecule has 0 aliphatic heterocycles. The van der Waals surface area contributed by atoms with Gasteiger partial charge in [0.2, 0.25) is 0 Å². The fourth-order valence-electron chi connectivity index (χ4n) is 2.78. The molecule has 9 heteroatoms. The first kappa shape index (κ1) is 21.3. The first-order valence-electron chi connectivity index (χ1n) is 9.05. The number of benzene rings is 3. The lowest BCUT2D eigenvalue weighted by Gasteiger charge is -2.17. The molecular formula is C21H18BrN3O5. The summed E-state index contributed by atoms with van der Waals surface area (Å²) in [6.45, 7) is 1.80. The van der Waals surface area contributed by atoms with Crippen LogP contribution in [0.1, 0.15) is 18.9 Å². The highest BCUT2D eigenvalue weighted by Crippen LogP contribution is 2.33. The van der Waals surface area contributed by atoms with Crippen molar-refractivity contribution in [3.63, 3.8) is 0 Å². The number of hydrogen-bond donors (Lipinski definition) is 2. The fourth-order valence-corrected chi connectivity index (χ4v) is 3.36. The molecule has 1 amide bonds. The number of phenols is 1. The predicted molar refractivity (Wildman–Crippen MR) is 117 cm³/mol. The number of non-ortho nitro benzene ring substituents is 1. The van der Waals surface area contributed by atoms with Gasteiger partial charge in [-0.15, -0.1) is 0 Å². The number of ether oxygens (including phenoxy) is 1. The molecule has 0 aliphatic carbocycles. The van der Waals surface area contributed by atoms with Gasteiger partial charge in [-0.2, -0.15) is 5.10 Å². The van der Waals surface area contributed by atoms with Crippen LogP contribution in [0.25, 0.3) is 10.8 Å². The molecule has 154 valence electrons. The number of nitro benzene ring substituents is 1. The Hall–Kier alpha value is -3.46. The second kappa shape index (κ2) is 9.36. The van der Waals surface area contributed by atoms with Gasteiger partial charge in [0.1, 0.15) is 11.5 Å². The van der Waals surface area contributed by atoms with E-state index in [0.717, 1.165) is 27.5 Å². The first-order valence-corrected chi connectivity index (χ1v) is 9.84. The number of aromatic hydroxyl groups is 1. The van der Waals surface area contributed by atoms with Crippen molar-refractivity contribution in [3.8, 4) is 11.5 Å². The number of rotatable bonds is 7. The van der Waals surface area contributed by atoms with Crippen molar-refractivity contribution < 1.29 is 19.6 Å². The number of fused-ring (bicyclic) bond motifs is 1. The highest BCUT2D eigenvalue weighted by molar-refractivity contribution is 9.10. The minimum absolute atomic E-state index is 0.107. The highest BCUT2D eigenvalue weighted by atomic mass is 79.9. The van der Waals surface area contributed by atoms with E-state index in [2.05, 4.69) is 26.5 Å². The predicted octanol–water partition coefficient (Wildman–Crippen LogP) is 4.52. The monoisotopic (exact) mass is 471 g/mol. The topological polar surface area (TPSA) is 114 Å². The Morgan fingerprint density at radius 2 is 2.07 bits per heavy atom. The molecule has 0 heterocycles. The molecule has 3 aromatic rings. The van der Waals surface area contributed by atoms with E-state index in [1.165, 1.54) is 12.1 Å². The van der Waals surface area contributed by atoms with Gasteiger partial charge in [0.15, 0.2) is 6.10 Å². The number of phenolic OH excluding ortho intramolecular Hbond substituents is 1. The van der Waals surface area contributed by atoms with Crippen molar-refractivity contribution >= 4 is 44.5 Å². The molecular weight excluding hydrogens is 454 g/mol. The maximum atomic E-state index is 12.5. The summed E-state index contributed by atoms with van der Waals surface area (Å²) in [5, 5.41) is 26.4. The molecule has 1 atom stereocenters. The molecule has 0 fully saturated rings. The Morgan fingerprint density at radius 1 is 1.30 bits per heavy atom. The third-order valence-electron chi connectivity index (χ3n) is 4.36. The summed E-state index contributed by atoms with van der Waals surface area (Å²) in [6.07, 6.45) is 0.722. The van der Waals surface area contributed by atoms with Gasteiger partial charge in [0.25, 0.3) is 11.6 Å². The quantitative estimate of drug-likeness (QED) is 0.298. The van der Waals surface area contributed by atoms with E-state index in [0.29, 0.717) is 12.2 Å². The van der Waals surface area contributed by atoms with E-state index in [9.17, 15) is 20.0 Å². The molecule has 0 saturated carbocycles. The van der Waals surface area contributed by atoms with E-state index < -0.39 is 16.9 Å². The summed E-state index contributed by atoms with van der Waals surface area (Å²) in [5.41, 5.74) is 2.25. The fraction of sp³-hybridized carbons (Fsp3) is 0.143. The zero-order valence-electron chi connectivity index (χ0n) is 15.9. The van der Waals surface area contributed by atoms with Crippen LogP contribution in [0.4, 0.5) is 5.69 Å². The van der Waals surface area contributed by atoms with Crippen LogP contribution >= 0.6 is 15.9 Å². The summed E-state index contributed by atoms with van der Waals surface area (Å²) >= 11 is 3.53. The standard InChI is InChI=1S/C21H18BrN3O5/c1-2-18(30-19-10-7-13-5-3-4-6-16(13)20(19)22)21(27)24-23-12-14-11-15(25(28)29)8-9-17(14)26/h3-12,18,26H,2H2,1H3,(H,24,27)/b23-12+. The Balaban J connectivity index is 1.71. The van der Waals surface area contributed by atoms with Gasteiger partial charge in [-0.3, -0.25) is 14.9 Å². The van der Waals surface area contributed by atoms with E-state index in [-0.39, 0.29) is 17.0 Å². The van der Waals surface area contributed by atoms with Gasteiger partial charge in [0, 0.05) is 17.7 Å². The molecule has 2 N–H and O–H groups in total. The Kier molecular flexibility index (Phi) is 6.63. The third kappa shape index (κ3) is 4.74. The van der Waals surface area contributed by atoms with Crippen molar-refractivity contribution in [2.45, 2.75) is 19.4 Å². The molecule has 8 nitrogen and oxygen atoms in total. The van der Waals surface area contributed by atoms with Gasteiger partial charge >= 0.3 is 0 Å². The molecule has 30 heavy (non-hydrogen) atoms. The van der Waals surface area contributed by atoms with Crippen LogP contribution in [-0.2, 0) is 4.79 Å².